The first-order valence-corrected chi connectivity index (χ1v) is 8.71. The topological polar surface area (TPSA) is 129 Å². The summed E-state index contributed by atoms with van der Waals surface area (Å²) in [6.45, 7) is 0.0465. The lowest BCUT2D eigenvalue weighted by molar-refractivity contribution is -0.0384. The zero-order chi connectivity index (χ0) is 16.6. The van der Waals surface area contributed by atoms with Crippen LogP contribution >= 0.6 is 7.60 Å². The summed E-state index contributed by atoms with van der Waals surface area (Å²) in [5, 5.41) is 0. The van der Waals surface area contributed by atoms with Crippen LogP contribution in [0.25, 0.3) is 0 Å². The Morgan fingerprint density at radius 1 is 1.43 bits per heavy atom. The highest BCUT2D eigenvalue weighted by Gasteiger charge is 2.50. The number of aromatic nitrogens is 2. The van der Waals surface area contributed by atoms with Gasteiger partial charge in [0.25, 0.3) is 5.56 Å². The molecule has 3 rings (SSSR count). The van der Waals surface area contributed by atoms with Crippen molar-refractivity contribution in [2.24, 2.45) is 0 Å². The van der Waals surface area contributed by atoms with Gasteiger partial charge in [-0.1, -0.05) is 0 Å². The zero-order valence-corrected chi connectivity index (χ0v) is 13.2. The smallest absolute Gasteiger partial charge is 0.353 e. The monoisotopic (exact) mass is 348 g/mol. The fourth-order valence-electron chi connectivity index (χ4n) is 2.91. The molecule has 5 atom stereocenters. The van der Waals surface area contributed by atoms with Crippen molar-refractivity contribution in [1.29, 1.82) is 0 Å². The summed E-state index contributed by atoms with van der Waals surface area (Å²) in [6, 6.07) is 0.838. The van der Waals surface area contributed by atoms with E-state index in [-0.39, 0.29) is 6.79 Å². The highest BCUT2D eigenvalue weighted by molar-refractivity contribution is 7.52. The van der Waals surface area contributed by atoms with Crippen molar-refractivity contribution in [1.82, 2.24) is 9.55 Å². The minimum absolute atomic E-state index is 0.0465. The summed E-state index contributed by atoms with van der Waals surface area (Å²) >= 11 is 0. The molecule has 2 fully saturated rings. The number of hydrogen-bond acceptors (Lipinski definition) is 7. The molecule has 5 unspecified atom stereocenters. The molecule has 1 saturated carbocycles. The molecule has 0 amide bonds. The van der Waals surface area contributed by atoms with E-state index in [1.54, 1.807) is 0 Å². The molecular formula is C12H17N2O8P. The summed E-state index contributed by atoms with van der Waals surface area (Å²) in [5.41, 5.74) is -1.04. The van der Waals surface area contributed by atoms with Crippen LogP contribution in [0, 0.1) is 0 Å². The molecule has 0 spiro atoms. The molecule has 23 heavy (non-hydrogen) atoms. The molecule has 0 bridgehead atoms. The summed E-state index contributed by atoms with van der Waals surface area (Å²) in [5.74, 6) is 0. The van der Waals surface area contributed by atoms with Crippen LogP contribution in [0.15, 0.2) is 21.9 Å². The third kappa shape index (κ3) is 3.32. The van der Waals surface area contributed by atoms with Gasteiger partial charge in [0.1, 0.15) is 25.3 Å². The number of aromatic amines is 1. The van der Waals surface area contributed by atoms with Gasteiger partial charge in [-0.25, -0.2) is 4.79 Å². The van der Waals surface area contributed by atoms with E-state index in [4.69, 9.17) is 14.2 Å². The van der Waals surface area contributed by atoms with Crippen molar-refractivity contribution in [3.63, 3.8) is 0 Å². The number of hydrogen-bond donors (Lipinski definition) is 2. The number of ether oxygens (including phenoxy) is 3. The molecule has 2 N–H and O–H groups in total. The molecule has 1 saturated heterocycles. The van der Waals surface area contributed by atoms with Crippen LogP contribution in [-0.4, -0.2) is 53.0 Å². The average molecular weight is 348 g/mol. The maximum atomic E-state index is 12.0. The largest absolute Gasteiger partial charge is 0.363 e. The molecule has 0 radical (unpaired) electrons. The highest BCUT2D eigenvalue weighted by atomic mass is 31.2. The van der Waals surface area contributed by atoms with Crippen molar-refractivity contribution in [3.8, 4) is 0 Å². The first-order chi connectivity index (χ1) is 10.9. The fourth-order valence-corrected chi connectivity index (χ4v) is 3.39. The molecule has 1 aromatic heterocycles. The summed E-state index contributed by atoms with van der Waals surface area (Å²) in [4.78, 5) is 34.7. The van der Waals surface area contributed by atoms with E-state index in [1.165, 1.54) is 16.8 Å². The Hall–Kier alpha value is -1.29. The fraction of sp³-hybridized carbons (Fsp3) is 0.667. The molecular weight excluding hydrogens is 331 g/mol. The molecule has 1 aliphatic carbocycles. The van der Waals surface area contributed by atoms with Gasteiger partial charge in [0.2, 0.25) is 0 Å². The number of nitrogens with one attached hydrogen (secondary N) is 1. The van der Waals surface area contributed by atoms with Gasteiger partial charge in [-0.2, -0.15) is 0 Å². The van der Waals surface area contributed by atoms with Gasteiger partial charge >= 0.3 is 13.3 Å². The normalized spacial score (nSPS) is 32.6. The summed E-state index contributed by atoms with van der Waals surface area (Å²) < 4.78 is 33.8. The predicted octanol–water partition coefficient (Wildman–Crippen LogP) is -0.603. The Morgan fingerprint density at radius 2 is 2.17 bits per heavy atom. The van der Waals surface area contributed by atoms with Crippen LogP contribution in [-0.2, 0) is 23.3 Å². The minimum Gasteiger partial charge on any atom is -0.363 e. The zero-order valence-electron chi connectivity index (χ0n) is 12.3. The second-order valence-electron chi connectivity index (χ2n) is 5.36. The van der Waals surface area contributed by atoms with Crippen molar-refractivity contribution in [3.05, 3.63) is 33.1 Å². The number of H-pyrrole nitrogens is 1. The predicted molar refractivity (Wildman–Crippen MR) is 76.2 cm³/mol. The lowest BCUT2D eigenvalue weighted by atomic mass is 10.2. The van der Waals surface area contributed by atoms with Gasteiger partial charge in [0.05, 0.1) is 12.1 Å². The second kappa shape index (κ2) is 6.31. The van der Waals surface area contributed by atoms with E-state index in [0.717, 1.165) is 7.11 Å². The van der Waals surface area contributed by atoms with Gasteiger partial charge < -0.3 is 23.6 Å². The van der Waals surface area contributed by atoms with Gasteiger partial charge in [-0.05, 0) is 6.42 Å². The van der Waals surface area contributed by atoms with E-state index in [0.29, 0.717) is 6.42 Å². The number of fused-ring (bicyclic) bond motifs is 1. The molecule has 10 nitrogen and oxygen atoms in total. The van der Waals surface area contributed by atoms with E-state index < -0.39 is 49.5 Å². The van der Waals surface area contributed by atoms with Crippen molar-refractivity contribution >= 4 is 7.60 Å². The molecule has 1 aliphatic heterocycles. The Bertz CT molecular complexity index is 730. The minimum atomic E-state index is -3.80. The standard InChI is InChI=1S/C12H17N2O8P/c1-19-23(17,18)6-22-8-4-7(10-11(8)21-5-20-10)14-3-2-9(15)13-12(14)16/h2-3,7-8,10-11H,4-6H2,1H3,(H,17,18)(H,13,15,16). The lowest BCUT2D eigenvalue weighted by Gasteiger charge is -2.18. The highest BCUT2D eigenvalue weighted by Crippen LogP contribution is 2.44. The third-order valence-electron chi connectivity index (χ3n) is 4.01. The summed E-state index contributed by atoms with van der Waals surface area (Å²) in [7, 11) is -2.68. The van der Waals surface area contributed by atoms with Gasteiger partial charge in [0.15, 0.2) is 0 Å². The summed E-state index contributed by atoms with van der Waals surface area (Å²) in [6.07, 6.45) is -0.181. The molecule has 2 aliphatic rings. The van der Waals surface area contributed by atoms with Crippen LogP contribution in [0.5, 0.6) is 0 Å². The Labute approximate surface area is 130 Å². The van der Waals surface area contributed by atoms with E-state index >= 15 is 0 Å². The molecule has 11 heteroatoms. The van der Waals surface area contributed by atoms with E-state index in [1.807, 2.05) is 0 Å². The van der Waals surface area contributed by atoms with Crippen molar-refractivity contribution in [2.45, 2.75) is 30.8 Å². The van der Waals surface area contributed by atoms with E-state index in [9.17, 15) is 19.0 Å². The van der Waals surface area contributed by atoms with Crippen LogP contribution in [0.3, 0.4) is 0 Å². The van der Waals surface area contributed by atoms with Crippen LogP contribution in [0.4, 0.5) is 0 Å². The van der Waals surface area contributed by atoms with Crippen LogP contribution in [0.1, 0.15) is 12.5 Å². The molecule has 128 valence electrons. The molecule has 0 aromatic carbocycles. The first kappa shape index (κ1) is 16.6. The maximum absolute atomic E-state index is 12.0. The van der Waals surface area contributed by atoms with Gasteiger partial charge in [0, 0.05) is 19.4 Å². The van der Waals surface area contributed by atoms with Crippen LogP contribution in [0.2, 0.25) is 0 Å². The lowest BCUT2D eigenvalue weighted by Crippen LogP contribution is -2.36. The Kier molecular flexibility index (Phi) is 4.54. The van der Waals surface area contributed by atoms with Gasteiger partial charge in [-0.3, -0.25) is 18.9 Å². The van der Waals surface area contributed by atoms with Crippen molar-refractivity contribution < 1.29 is 28.2 Å². The third-order valence-corrected chi connectivity index (χ3v) is 5.06. The van der Waals surface area contributed by atoms with E-state index in [2.05, 4.69) is 9.51 Å². The Morgan fingerprint density at radius 3 is 2.87 bits per heavy atom. The van der Waals surface area contributed by atoms with Gasteiger partial charge in [-0.15, -0.1) is 0 Å². The number of nitrogens with zero attached hydrogens (tertiary/aromatic N) is 1. The Balaban J connectivity index is 1.80. The SMILES string of the molecule is COP(=O)(O)COC1CC(n2ccc(=O)[nH]c2=O)C2OCOC12. The quantitative estimate of drug-likeness (QED) is 0.675. The van der Waals surface area contributed by atoms with Crippen LogP contribution < -0.4 is 11.2 Å². The van der Waals surface area contributed by atoms with Crippen molar-refractivity contribution in [2.75, 3.05) is 20.3 Å². The first-order valence-electron chi connectivity index (χ1n) is 6.95. The molecule has 2 heterocycles. The molecule has 1 aromatic rings. The second-order valence-corrected chi connectivity index (χ2v) is 7.25. The number of rotatable bonds is 5. The maximum Gasteiger partial charge on any atom is 0.353 e. The average Bonchev–Trinajstić information content (AvgIpc) is 3.08.